The normalized spacial score (nSPS) is 9.88. The van der Waals surface area contributed by atoms with Crippen LogP contribution in [0.2, 0.25) is 0 Å². The van der Waals surface area contributed by atoms with E-state index in [9.17, 15) is 26.3 Å². The molecule has 11 nitrogen and oxygen atoms in total. The summed E-state index contributed by atoms with van der Waals surface area (Å²) in [5, 5.41) is 10.4. The molecule has 148 heavy (non-hydrogen) atoms. The Bertz CT molecular complexity index is 6940. The van der Waals surface area contributed by atoms with Gasteiger partial charge in [0.2, 0.25) is 0 Å². The van der Waals surface area contributed by atoms with Crippen molar-refractivity contribution < 1.29 is 107 Å². The molecule has 0 aliphatic heterocycles. The first kappa shape index (κ1) is 112. The summed E-state index contributed by atoms with van der Waals surface area (Å²) in [5.74, 6) is -3.86. The Balaban J connectivity index is 0.000000154. The van der Waals surface area contributed by atoms with Gasteiger partial charge in [-0.3, -0.25) is 26.3 Å². The van der Waals surface area contributed by atoms with Crippen LogP contribution in [0.3, 0.4) is 0 Å². The van der Waals surface area contributed by atoms with Gasteiger partial charge in [-0.05, 0) is 145 Å². The van der Waals surface area contributed by atoms with Gasteiger partial charge in [0.25, 0.3) is 0 Å². The fourth-order valence-electron chi connectivity index (χ4n) is 14.0. The second-order valence-electron chi connectivity index (χ2n) is 30.5. The van der Waals surface area contributed by atoms with Gasteiger partial charge >= 0.3 is 80.8 Å². The summed E-state index contributed by atoms with van der Waals surface area (Å²) in [4.78, 5) is 46.1. The standard InChI is InChI=1S/3C13H8N.3C11H6F2N.5C11H8N.2Ir.Pt.Rh/c3*1-2-6-12-10(4-1)7-8-11-5-3-9-14-13(11)12;3*12-8-4-5-9(10(13)7-8)11-3-1-2-6-14-11;5*1-2-6-10(7-3-1)11-8-4-5-9-12-11;;;;/h3*1-5,7-9H;3*1-4,6-7H;5*1-6,8-9H;;;;/q11*-1;2*+3;+2;+3. The van der Waals surface area contributed by atoms with E-state index in [2.05, 4.69) is 194 Å². The van der Waals surface area contributed by atoms with E-state index in [1.807, 2.05) is 286 Å². The van der Waals surface area contributed by atoms with Crippen molar-refractivity contribution in [3.05, 3.63) is 601 Å². The molecule has 0 radical (unpaired) electrons. The first-order valence-corrected chi connectivity index (χ1v) is 45.2. The van der Waals surface area contributed by atoms with Crippen LogP contribution in [0.1, 0.15) is 0 Å². The zero-order valence-corrected chi connectivity index (χ0v) is 87.0. The van der Waals surface area contributed by atoms with Crippen LogP contribution in [0.5, 0.6) is 0 Å². The molecular formula is C127H82F6Ir2N11PtRh. The van der Waals surface area contributed by atoms with E-state index >= 15 is 0 Å². The van der Waals surface area contributed by atoms with Gasteiger partial charge in [-0.2, -0.15) is 0 Å². The summed E-state index contributed by atoms with van der Waals surface area (Å²) in [6.07, 6.45) is 19.0. The number of nitrogens with zero attached hydrogens (tertiary/aromatic N) is 11. The van der Waals surface area contributed by atoms with Crippen LogP contribution in [-0.2, 0) is 80.8 Å². The molecule has 0 N–H and O–H groups in total. The van der Waals surface area contributed by atoms with Gasteiger partial charge in [0.15, 0.2) is 0 Å². The van der Waals surface area contributed by atoms with Crippen molar-refractivity contribution >= 4 is 65.0 Å². The minimum absolute atomic E-state index is 0. The van der Waals surface area contributed by atoms with Crippen LogP contribution in [0.15, 0.2) is 499 Å². The van der Waals surface area contributed by atoms with Crippen LogP contribution >= 0.6 is 0 Å². The van der Waals surface area contributed by atoms with E-state index in [0.717, 1.165) is 125 Å². The van der Waals surface area contributed by atoms with Crippen molar-refractivity contribution in [2.45, 2.75) is 0 Å². The van der Waals surface area contributed by atoms with Gasteiger partial charge in [0.1, 0.15) is 0 Å². The maximum atomic E-state index is 13.2. The van der Waals surface area contributed by atoms with Gasteiger partial charge in [0, 0.05) is 103 Å². The summed E-state index contributed by atoms with van der Waals surface area (Å²) in [6, 6.07) is 165. The minimum atomic E-state index is -0.649. The Kier molecular flexibility index (Phi) is 46.0. The molecule has 0 saturated heterocycles. The van der Waals surface area contributed by atoms with Gasteiger partial charge in [0.05, 0.1) is 0 Å². The first-order valence-electron chi connectivity index (χ1n) is 45.2. The molecule has 0 fully saturated rings. The third kappa shape index (κ3) is 33.8. The number of aromatic nitrogens is 11. The largest absolute Gasteiger partial charge is 3.00 e. The smallest absolute Gasteiger partial charge is 0.305 e. The van der Waals surface area contributed by atoms with E-state index < -0.39 is 34.9 Å². The third-order valence-corrected chi connectivity index (χ3v) is 20.8. The molecule has 11 aromatic heterocycles. The average molecular weight is 2560 g/mol. The second kappa shape index (κ2) is 60.9. The fraction of sp³-hybridized carbons (Fsp3) is 0. The average Bonchev–Trinajstić information content (AvgIpc) is 0.799. The Morgan fingerprint density at radius 3 is 0.554 bits per heavy atom. The zero-order valence-electron chi connectivity index (χ0n) is 78.3. The summed E-state index contributed by atoms with van der Waals surface area (Å²) < 4.78 is 77.4. The van der Waals surface area contributed by atoms with Crippen molar-refractivity contribution in [1.82, 2.24) is 54.8 Å². The topological polar surface area (TPSA) is 142 Å². The monoisotopic (exact) mass is 2560 g/mol. The molecule has 21 heteroatoms. The van der Waals surface area contributed by atoms with Crippen LogP contribution in [0.25, 0.3) is 155 Å². The number of benzene rings is 14. The van der Waals surface area contributed by atoms with Crippen molar-refractivity contribution in [3.8, 4) is 90.1 Å². The Labute approximate surface area is 909 Å². The Hall–Kier alpha value is -16.5. The molecule has 0 bridgehead atoms. The molecule has 0 atom stereocenters. The van der Waals surface area contributed by atoms with Crippen molar-refractivity contribution in [2.75, 3.05) is 0 Å². The summed E-state index contributed by atoms with van der Waals surface area (Å²) in [7, 11) is 0. The maximum Gasteiger partial charge on any atom is 3.00 e. The Morgan fingerprint density at radius 2 is 0.358 bits per heavy atom. The number of fused-ring (bicyclic) bond motifs is 9. The number of halogens is 6. The van der Waals surface area contributed by atoms with E-state index in [-0.39, 0.29) is 97.4 Å². The van der Waals surface area contributed by atoms with Crippen LogP contribution in [0, 0.1) is 102 Å². The molecule has 724 valence electrons. The summed E-state index contributed by atoms with van der Waals surface area (Å²) in [5.41, 5.74) is 15.1. The molecule has 11 heterocycles. The molecule has 0 saturated carbocycles. The van der Waals surface area contributed by atoms with Crippen molar-refractivity contribution in [3.63, 3.8) is 0 Å². The van der Waals surface area contributed by atoms with Crippen LogP contribution in [-0.4, -0.2) is 54.8 Å². The number of pyridine rings is 11. The first-order chi connectivity index (χ1) is 71.0. The van der Waals surface area contributed by atoms with E-state index in [1.165, 1.54) is 32.3 Å². The molecule has 14 aromatic carbocycles. The predicted octanol–water partition coefficient (Wildman–Crippen LogP) is 30.8. The molecule has 0 aliphatic rings. The van der Waals surface area contributed by atoms with E-state index in [4.69, 9.17) is 0 Å². The third-order valence-electron chi connectivity index (χ3n) is 20.8. The number of hydrogen-bond donors (Lipinski definition) is 0. The predicted molar refractivity (Wildman–Crippen MR) is 562 cm³/mol. The molecule has 25 rings (SSSR count). The molecule has 0 aliphatic carbocycles. The van der Waals surface area contributed by atoms with Crippen molar-refractivity contribution in [2.24, 2.45) is 0 Å². The molecule has 0 amide bonds. The molecule has 0 spiro atoms. The van der Waals surface area contributed by atoms with E-state index in [0.29, 0.717) is 17.1 Å². The molecule has 25 aromatic rings. The number of hydrogen-bond acceptors (Lipinski definition) is 11. The maximum absolute atomic E-state index is 13.2. The molecular weight excluding hydrogens is 2480 g/mol. The van der Waals surface area contributed by atoms with Gasteiger partial charge in [-0.15, -0.1) is 321 Å². The second-order valence-corrected chi connectivity index (χ2v) is 30.5. The Morgan fingerprint density at radius 1 is 0.169 bits per heavy atom. The van der Waals surface area contributed by atoms with Gasteiger partial charge < -0.3 is 54.8 Å². The fourth-order valence-corrected chi connectivity index (χ4v) is 14.0. The molecule has 0 unspecified atom stereocenters. The SMILES string of the molecule is Fc1c[c-]c(-c2ccccn2)c(F)c1.Fc1c[c-]c(-c2ccccn2)c(F)c1.Fc1c[c-]c(-c2ccccn2)c(F)c1.[Ir+3].[Ir+3].[Pt+2].[Rh+3].[c-]1cccc2ccc3cccnc3c12.[c-]1cccc2ccc3cccnc3c12.[c-]1cccc2ccc3cccnc3c12.[c-]1ccccc1-c1ccccn1.[c-]1ccccc1-c1ccccn1.[c-]1ccccc1-c1ccccn1.[c-]1ccccc1-c1ccccn1.[c-]1ccccc1-c1ccccn1. The minimum Gasteiger partial charge on any atom is -0.305 e. The number of rotatable bonds is 8. The van der Waals surface area contributed by atoms with Crippen molar-refractivity contribution in [1.29, 1.82) is 0 Å². The van der Waals surface area contributed by atoms with Gasteiger partial charge in [-0.1, -0.05) is 187 Å². The van der Waals surface area contributed by atoms with Gasteiger partial charge in [-0.25, -0.2) is 0 Å². The summed E-state index contributed by atoms with van der Waals surface area (Å²) >= 11 is 0. The zero-order chi connectivity index (χ0) is 99.2. The van der Waals surface area contributed by atoms with Crippen LogP contribution in [0.4, 0.5) is 26.3 Å². The quantitative estimate of drug-likeness (QED) is 0.0621. The summed E-state index contributed by atoms with van der Waals surface area (Å²) in [6.45, 7) is 0. The van der Waals surface area contributed by atoms with E-state index in [1.54, 1.807) is 104 Å². The van der Waals surface area contributed by atoms with Crippen LogP contribution < -0.4 is 0 Å².